The lowest BCUT2D eigenvalue weighted by Crippen LogP contribution is -2.32. The van der Waals surface area contributed by atoms with Crippen LogP contribution in [0.25, 0.3) is 0 Å². The Morgan fingerprint density at radius 1 is 1.50 bits per heavy atom. The minimum atomic E-state index is 0.754. The van der Waals surface area contributed by atoms with Crippen LogP contribution in [0.3, 0.4) is 0 Å². The number of hydrogen-bond donors (Lipinski definition) is 1. The molecule has 1 fully saturated rings. The van der Waals surface area contributed by atoms with Gasteiger partial charge in [-0.15, -0.1) is 11.3 Å². The zero-order valence-electron chi connectivity index (χ0n) is 10.3. The average molecular weight is 238 g/mol. The van der Waals surface area contributed by atoms with E-state index in [1.807, 2.05) is 0 Å². The van der Waals surface area contributed by atoms with Crippen LogP contribution >= 0.6 is 11.3 Å². The van der Waals surface area contributed by atoms with E-state index in [1.54, 1.807) is 11.3 Å². The number of rotatable bonds is 7. The maximum atomic E-state index is 4.59. The average Bonchev–Trinajstić information content (AvgIpc) is 3.04. The van der Waals surface area contributed by atoms with E-state index >= 15 is 0 Å². The lowest BCUT2D eigenvalue weighted by molar-refractivity contribution is 0.452. The Bertz CT molecular complexity index is 317. The second-order valence-corrected chi connectivity index (χ2v) is 5.59. The van der Waals surface area contributed by atoms with Crippen LogP contribution in [0.5, 0.6) is 0 Å². The first-order chi connectivity index (χ1) is 7.83. The summed E-state index contributed by atoms with van der Waals surface area (Å²) in [6.45, 7) is 5.54. The monoisotopic (exact) mass is 238 g/mol. The fourth-order valence-corrected chi connectivity index (χ4v) is 2.93. The van der Waals surface area contributed by atoms with Crippen molar-refractivity contribution in [1.29, 1.82) is 0 Å². The van der Waals surface area contributed by atoms with Gasteiger partial charge in [0, 0.05) is 24.4 Å². The fourth-order valence-electron chi connectivity index (χ4n) is 2.15. The van der Waals surface area contributed by atoms with Crippen molar-refractivity contribution in [2.75, 3.05) is 6.54 Å². The van der Waals surface area contributed by atoms with Gasteiger partial charge in [0.15, 0.2) is 0 Å². The topological polar surface area (TPSA) is 24.9 Å². The maximum Gasteiger partial charge on any atom is 0.0925 e. The van der Waals surface area contributed by atoms with E-state index in [0.717, 1.165) is 31.3 Å². The van der Waals surface area contributed by atoms with Crippen molar-refractivity contribution in [3.8, 4) is 0 Å². The zero-order chi connectivity index (χ0) is 11.4. The summed E-state index contributed by atoms with van der Waals surface area (Å²) in [6, 6.07) is 0.754. The number of nitrogens with one attached hydrogen (secondary N) is 1. The third-order valence-electron chi connectivity index (χ3n) is 3.32. The number of aromatic nitrogens is 1. The maximum absolute atomic E-state index is 4.59. The highest BCUT2D eigenvalue weighted by molar-refractivity contribution is 7.09. The minimum Gasteiger partial charge on any atom is -0.313 e. The van der Waals surface area contributed by atoms with Gasteiger partial charge in [-0.2, -0.15) is 0 Å². The Kier molecular flexibility index (Phi) is 4.36. The molecule has 1 aliphatic carbocycles. The number of nitrogens with zero attached hydrogens (tertiary/aromatic N) is 1. The van der Waals surface area contributed by atoms with Crippen molar-refractivity contribution in [3.05, 3.63) is 16.1 Å². The van der Waals surface area contributed by atoms with Gasteiger partial charge in [-0.3, -0.25) is 0 Å². The second-order valence-electron chi connectivity index (χ2n) is 4.64. The van der Waals surface area contributed by atoms with Gasteiger partial charge in [0.05, 0.1) is 10.7 Å². The van der Waals surface area contributed by atoms with E-state index in [9.17, 15) is 0 Å². The Morgan fingerprint density at radius 2 is 2.31 bits per heavy atom. The summed E-state index contributed by atoms with van der Waals surface area (Å²) in [5.41, 5.74) is 1.26. The number of thiazole rings is 1. The minimum absolute atomic E-state index is 0.754. The highest BCUT2D eigenvalue weighted by atomic mass is 32.1. The molecular weight excluding hydrogens is 216 g/mol. The molecule has 0 amide bonds. The van der Waals surface area contributed by atoms with E-state index in [2.05, 4.69) is 29.5 Å². The molecule has 1 aliphatic rings. The fraction of sp³-hybridized carbons (Fsp3) is 0.769. The molecule has 3 heteroatoms. The molecule has 1 unspecified atom stereocenters. The van der Waals surface area contributed by atoms with Crippen LogP contribution in [0.2, 0.25) is 0 Å². The van der Waals surface area contributed by atoms with Crippen molar-refractivity contribution in [1.82, 2.24) is 10.3 Å². The SMILES string of the molecule is CCc1nc(CCNC(CC)C2CC2)cs1. The normalized spacial score (nSPS) is 17.6. The molecule has 16 heavy (non-hydrogen) atoms. The summed E-state index contributed by atoms with van der Waals surface area (Å²) in [7, 11) is 0. The van der Waals surface area contributed by atoms with Gasteiger partial charge in [-0.1, -0.05) is 13.8 Å². The van der Waals surface area contributed by atoms with Gasteiger partial charge in [-0.05, 0) is 31.6 Å². The number of hydrogen-bond acceptors (Lipinski definition) is 3. The summed E-state index contributed by atoms with van der Waals surface area (Å²) in [6.07, 6.45) is 6.28. The molecule has 1 aromatic heterocycles. The van der Waals surface area contributed by atoms with E-state index in [4.69, 9.17) is 0 Å². The van der Waals surface area contributed by atoms with E-state index in [-0.39, 0.29) is 0 Å². The van der Waals surface area contributed by atoms with Crippen LogP contribution in [0.1, 0.15) is 43.8 Å². The van der Waals surface area contributed by atoms with Crippen LogP contribution in [0.4, 0.5) is 0 Å². The third-order valence-corrected chi connectivity index (χ3v) is 4.36. The summed E-state index contributed by atoms with van der Waals surface area (Å²) in [4.78, 5) is 4.59. The van der Waals surface area contributed by atoms with E-state index < -0.39 is 0 Å². The third kappa shape index (κ3) is 3.29. The van der Waals surface area contributed by atoms with Gasteiger partial charge >= 0.3 is 0 Å². The Morgan fingerprint density at radius 3 is 2.88 bits per heavy atom. The zero-order valence-corrected chi connectivity index (χ0v) is 11.1. The van der Waals surface area contributed by atoms with Crippen molar-refractivity contribution in [3.63, 3.8) is 0 Å². The highest BCUT2D eigenvalue weighted by Gasteiger charge is 2.29. The summed E-state index contributed by atoms with van der Waals surface area (Å²) >= 11 is 1.79. The van der Waals surface area contributed by atoms with Gasteiger partial charge < -0.3 is 5.32 Å². The predicted molar refractivity (Wildman–Crippen MR) is 70.0 cm³/mol. The number of aryl methyl sites for hydroxylation is 1. The van der Waals surface area contributed by atoms with Crippen LogP contribution < -0.4 is 5.32 Å². The van der Waals surface area contributed by atoms with Gasteiger partial charge in [0.2, 0.25) is 0 Å². The molecule has 0 saturated heterocycles. The molecule has 1 N–H and O–H groups in total. The standard InChI is InChI=1S/C13H22N2S/c1-3-12(10-5-6-10)14-8-7-11-9-16-13(4-2)15-11/h9-10,12,14H,3-8H2,1-2H3. The van der Waals surface area contributed by atoms with E-state index in [0.29, 0.717) is 0 Å². The highest BCUT2D eigenvalue weighted by Crippen LogP contribution is 2.33. The summed E-state index contributed by atoms with van der Waals surface area (Å²) in [5, 5.41) is 7.15. The first-order valence-electron chi connectivity index (χ1n) is 6.50. The largest absolute Gasteiger partial charge is 0.313 e. The lowest BCUT2D eigenvalue weighted by Gasteiger charge is -2.15. The van der Waals surface area contributed by atoms with Gasteiger partial charge in [0.25, 0.3) is 0 Å². The van der Waals surface area contributed by atoms with Crippen LogP contribution in [-0.4, -0.2) is 17.6 Å². The van der Waals surface area contributed by atoms with Gasteiger partial charge in [-0.25, -0.2) is 4.98 Å². The molecule has 0 aromatic carbocycles. The van der Waals surface area contributed by atoms with Gasteiger partial charge in [0.1, 0.15) is 0 Å². The first kappa shape index (κ1) is 12.1. The van der Waals surface area contributed by atoms with Crippen LogP contribution in [0.15, 0.2) is 5.38 Å². The molecule has 1 atom stereocenters. The molecule has 2 nitrogen and oxygen atoms in total. The molecular formula is C13H22N2S. The Hall–Kier alpha value is -0.410. The molecule has 90 valence electrons. The molecule has 0 aliphatic heterocycles. The molecule has 2 rings (SSSR count). The quantitative estimate of drug-likeness (QED) is 0.790. The molecule has 1 saturated carbocycles. The Labute approximate surface area is 102 Å². The molecule has 0 bridgehead atoms. The smallest absolute Gasteiger partial charge is 0.0925 e. The molecule has 0 spiro atoms. The van der Waals surface area contributed by atoms with E-state index in [1.165, 1.54) is 30.0 Å². The first-order valence-corrected chi connectivity index (χ1v) is 7.38. The molecule has 0 radical (unpaired) electrons. The van der Waals surface area contributed by atoms with Crippen molar-refractivity contribution >= 4 is 11.3 Å². The van der Waals surface area contributed by atoms with Crippen LogP contribution in [-0.2, 0) is 12.8 Å². The van der Waals surface area contributed by atoms with Crippen molar-refractivity contribution in [2.24, 2.45) is 5.92 Å². The molecule has 1 aromatic rings. The predicted octanol–water partition coefficient (Wildman–Crippen LogP) is 3.03. The Balaban J connectivity index is 1.70. The molecule has 1 heterocycles. The van der Waals surface area contributed by atoms with Crippen molar-refractivity contribution in [2.45, 2.75) is 52.0 Å². The lowest BCUT2D eigenvalue weighted by atomic mass is 10.1. The van der Waals surface area contributed by atoms with Crippen molar-refractivity contribution < 1.29 is 0 Å². The summed E-state index contributed by atoms with van der Waals surface area (Å²) < 4.78 is 0. The second kappa shape index (κ2) is 5.78. The van der Waals surface area contributed by atoms with Crippen LogP contribution in [0, 0.1) is 5.92 Å². The summed E-state index contributed by atoms with van der Waals surface area (Å²) in [5.74, 6) is 0.964.